The van der Waals surface area contributed by atoms with Gasteiger partial charge in [-0.25, -0.2) is 4.68 Å². The van der Waals surface area contributed by atoms with E-state index in [1.165, 1.54) is 4.68 Å². The van der Waals surface area contributed by atoms with Crippen LogP contribution in [0.3, 0.4) is 0 Å². The largest absolute Gasteiger partial charge is 0.375 e. The summed E-state index contributed by atoms with van der Waals surface area (Å²) in [7, 11) is 1.58. The number of aryl methyl sites for hydroxylation is 1. The van der Waals surface area contributed by atoms with Gasteiger partial charge in [0.25, 0.3) is 5.56 Å². The first kappa shape index (κ1) is 14.4. The Bertz CT molecular complexity index is 708. The Labute approximate surface area is 132 Å². The zero-order chi connectivity index (χ0) is 15.0. The number of nitrogens with zero attached hydrogens (tertiary/aromatic N) is 2. The highest BCUT2D eigenvalue weighted by molar-refractivity contribution is 6.33. The number of halogens is 2. The van der Waals surface area contributed by atoms with Crippen molar-refractivity contribution in [3.8, 4) is 0 Å². The highest BCUT2D eigenvalue weighted by atomic mass is 35.5. The molecule has 1 aromatic heterocycles. The van der Waals surface area contributed by atoms with Crippen LogP contribution in [0.15, 0.2) is 35.3 Å². The lowest BCUT2D eigenvalue weighted by Gasteiger charge is -2.20. The average molecular weight is 324 g/mol. The van der Waals surface area contributed by atoms with Gasteiger partial charge in [-0.05, 0) is 36.5 Å². The van der Waals surface area contributed by atoms with Gasteiger partial charge in [0.15, 0.2) is 0 Å². The van der Waals surface area contributed by atoms with Gasteiger partial charge < -0.3 is 5.32 Å². The molecule has 1 fully saturated rings. The van der Waals surface area contributed by atoms with Gasteiger partial charge in [-0.1, -0.05) is 35.3 Å². The van der Waals surface area contributed by atoms with E-state index in [9.17, 15) is 4.79 Å². The predicted octanol–water partition coefficient (Wildman–Crippen LogP) is 3.65. The molecular weight excluding hydrogens is 309 g/mol. The fourth-order valence-electron chi connectivity index (χ4n) is 2.35. The van der Waals surface area contributed by atoms with Crippen LogP contribution in [0.25, 0.3) is 0 Å². The van der Waals surface area contributed by atoms with E-state index in [4.69, 9.17) is 23.2 Å². The van der Waals surface area contributed by atoms with E-state index in [-0.39, 0.29) is 16.6 Å². The highest BCUT2D eigenvalue weighted by Gasteiger charge is 2.32. The number of nitrogens with one attached hydrogen (secondary N) is 1. The van der Waals surface area contributed by atoms with Crippen LogP contribution >= 0.6 is 23.2 Å². The topological polar surface area (TPSA) is 46.9 Å². The lowest BCUT2D eigenvalue weighted by Crippen LogP contribution is -2.22. The third kappa shape index (κ3) is 3.06. The SMILES string of the molecule is Cn1ncc(N[C@@H](c2ccc(Cl)cc2)C2CC2)c(Cl)c1=O. The van der Waals surface area contributed by atoms with E-state index in [0.717, 1.165) is 18.4 Å². The summed E-state index contributed by atoms with van der Waals surface area (Å²) in [6, 6.07) is 7.87. The minimum Gasteiger partial charge on any atom is -0.375 e. The lowest BCUT2D eigenvalue weighted by molar-refractivity contribution is 0.669. The van der Waals surface area contributed by atoms with Crippen molar-refractivity contribution in [1.29, 1.82) is 0 Å². The van der Waals surface area contributed by atoms with Gasteiger partial charge in [0.2, 0.25) is 0 Å². The monoisotopic (exact) mass is 323 g/mol. The number of hydrogen-bond acceptors (Lipinski definition) is 3. The summed E-state index contributed by atoms with van der Waals surface area (Å²) in [4.78, 5) is 11.8. The minimum absolute atomic E-state index is 0.119. The second-order valence-electron chi connectivity index (χ2n) is 5.31. The van der Waals surface area contributed by atoms with Crippen molar-refractivity contribution in [2.75, 3.05) is 5.32 Å². The summed E-state index contributed by atoms with van der Waals surface area (Å²) in [6.45, 7) is 0. The van der Waals surface area contributed by atoms with E-state index >= 15 is 0 Å². The van der Waals surface area contributed by atoms with Crippen molar-refractivity contribution in [2.24, 2.45) is 13.0 Å². The Morgan fingerprint density at radius 3 is 2.57 bits per heavy atom. The maximum atomic E-state index is 11.8. The number of anilines is 1. The molecule has 1 saturated carbocycles. The van der Waals surface area contributed by atoms with Gasteiger partial charge in [-0.2, -0.15) is 5.10 Å². The van der Waals surface area contributed by atoms with E-state index in [2.05, 4.69) is 10.4 Å². The Morgan fingerprint density at radius 1 is 1.29 bits per heavy atom. The molecule has 0 unspecified atom stereocenters. The van der Waals surface area contributed by atoms with Gasteiger partial charge in [0.05, 0.1) is 17.9 Å². The number of rotatable bonds is 4. The highest BCUT2D eigenvalue weighted by Crippen LogP contribution is 2.43. The standard InChI is InChI=1S/C15H15Cl2N3O/c1-20-15(21)13(17)12(8-18-20)19-14(9-2-3-9)10-4-6-11(16)7-5-10/h4-9,14,19H,2-3H2,1H3/t14-/m1/s1. The Balaban J connectivity index is 1.91. The van der Waals surface area contributed by atoms with Crippen molar-refractivity contribution in [3.63, 3.8) is 0 Å². The summed E-state index contributed by atoms with van der Waals surface area (Å²) in [5.41, 5.74) is 1.41. The zero-order valence-electron chi connectivity index (χ0n) is 11.5. The van der Waals surface area contributed by atoms with Crippen molar-refractivity contribution in [1.82, 2.24) is 9.78 Å². The van der Waals surface area contributed by atoms with Crippen LogP contribution in [0, 0.1) is 5.92 Å². The predicted molar refractivity (Wildman–Crippen MR) is 85.0 cm³/mol. The molecule has 1 N–H and O–H groups in total. The van der Waals surface area contributed by atoms with Crippen molar-refractivity contribution >= 4 is 28.9 Å². The molecule has 1 aliphatic carbocycles. The molecule has 1 aliphatic rings. The first-order valence-corrected chi connectivity index (χ1v) is 7.55. The van der Waals surface area contributed by atoms with Gasteiger partial charge in [0, 0.05) is 12.1 Å². The van der Waals surface area contributed by atoms with E-state index in [0.29, 0.717) is 16.6 Å². The molecule has 0 bridgehead atoms. The molecule has 4 nitrogen and oxygen atoms in total. The minimum atomic E-state index is -0.299. The molecule has 0 aliphatic heterocycles. The Morgan fingerprint density at radius 2 is 1.95 bits per heavy atom. The average Bonchev–Trinajstić information content (AvgIpc) is 3.30. The van der Waals surface area contributed by atoms with Crippen molar-refractivity contribution < 1.29 is 0 Å². The quantitative estimate of drug-likeness (QED) is 0.934. The molecule has 0 saturated heterocycles. The maximum absolute atomic E-state index is 11.8. The molecule has 0 amide bonds. The second-order valence-corrected chi connectivity index (χ2v) is 6.13. The van der Waals surface area contributed by atoms with Crippen LogP contribution in [0.2, 0.25) is 10.0 Å². The molecule has 0 radical (unpaired) electrons. The van der Waals surface area contributed by atoms with Crippen LogP contribution in [-0.4, -0.2) is 9.78 Å². The maximum Gasteiger partial charge on any atom is 0.287 e. The van der Waals surface area contributed by atoms with Gasteiger partial charge >= 0.3 is 0 Å². The molecule has 6 heteroatoms. The first-order chi connectivity index (χ1) is 10.1. The fraction of sp³-hybridized carbons (Fsp3) is 0.333. The number of hydrogen-bond donors (Lipinski definition) is 1. The molecule has 3 rings (SSSR count). The smallest absolute Gasteiger partial charge is 0.287 e. The lowest BCUT2D eigenvalue weighted by atomic mass is 10.0. The van der Waals surface area contributed by atoms with Crippen LogP contribution in [0.1, 0.15) is 24.4 Å². The molecule has 21 heavy (non-hydrogen) atoms. The third-order valence-corrected chi connectivity index (χ3v) is 4.33. The molecule has 1 heterocycles. The fourth-order valence-corrected chi connectivity index (χ4v) is 2.70. The van der Waals surface area contributed by atoms with E-state index in [1.54, 1.807) is 13.2 Å². The van der Waals surface area contributed by atoms with Gasteiger partial charge in [0.1, 0.15) is 5.02 Å². The molecule has 1 aromatic carbocycles. The summed E-state index contributed by atoms with van der Waals surface area (Å²) >= 11 is 12.1. The summed E-state index contributed by atoms with van der Waals surface area (Å²) in [5.74, 6) is 0.548. The van der Waals surface area contributed by atoms with Crippen LogP contribution in [0.5, 0.6) is 0 Å². The summed E-state index contributed by atoms with van der Waals surface area (Å²) in [5, 5.41) is 8.26. The van der Waals surface area contributed by atoms with Gasteiger partial charge in [-0.3, -0.25) is 4.79 Å². The molecule has 110 valence electrons. The number of aromatic nitrogens is 2. The zero-order valence-corrected chi connectivity index (χ0v) is 13.0. The Hall–Kier alpha value is -1.52. The normalized spacial score (nSPS) is 15.8. The summed E-state index contributed by atoms with van der Waals surface area (Å²) in [6.07, 6.45) is 3.92. The second kappa shape index (κ2) is 5.70. The molecule has 2 aromatic rings. The molecule has 1 atom stereocenters. The van der Waals surface area contributed by atoms with E-state index < -0.39 is 0 Å². The molecular formula is C15H15Cl2N3O. The van der Waals surface area contributed by atoms with Crippen LogP contribution in [-0.2, 0) is 7.05 Å². The summed E-state index contributed by atoms with van der Waals surface area (Å²) < 4.78 is 1.22. The van der Waals surface area contributed by atoms with Crippen molar-refractivity contribution in [2.45, 2.75) is 18.9 Å². The van der Waals surface area contributed by atoms with E-state index in [1.807, 2.05) is 24.3 Å². The number of benzene rings is 1. The first-order valence-electron chi connectivity index (χ1n) is 6.80. The molecule has 0 spiro atoms. The van der Waals surface area contributed by atoms with Crippen LogP contribution in [0.4, 0.5) is 5.69 Å². The third-order valence-electron chi connectivity index (χ3n) is 3.71. The van der Waals surface area contributed by atoms with Gasteiger partial charge in [-0.15, -0.1) is 0 Å². The Kier molecular flexibility index (Phi) is 3.91. The van der Waals surface area contributed by atoms with Crippen LogP contribution < -0.4 is 10.9 Å². The van der Waals surface area contributed by atoms with Crippen molar-refractivity contribution in [3.05, 3.63) is 56.4 Å².